The quantitative estimate of drug-likeness (QED) is 0.234. The van der Waals surface area contributed by atoms with Crippen LogP contribution in [0, 0.1) is 5.82 Å². The Bertz CT molecular complexity index is 1770. The van der Waals surface area contributed by atoms with Crippen LogP contribution in [0.2, 0.25) is 0 Å². The summed E-state index contributed by atoms with van der Waals surface area (Å²) < 4.78 is 32.7. The number of fused-ring (bicyclic) bond motifs is 8. The molecule has 0 saturated heterocycles. The third kappa shape index (κ3) is 3.35. The molecule has 3 nitrogen and oxygen atoms in total. The van der Waals surface area contributed by atoms with Gasteiger partial charge in [-0.1, -0.05) is 74.5 Å². The van der Waals surface area contributed by atoms with E-state index in [-0.39, 0.29) is 5.82 Å². The van der Waals surface area contributed by atoms with Crippen LogP contribution in [0.5, 0.6) is 17.2 Å². The minimum Gasteiger partial charge on any atom is -0.497 e. The number of methoxy groups -OCH3 is 2. The fourth-order valence-electron chi connectivity index (χ4n) is 6.56. The van der Waals surface area contributed by atoms with Crippen LogP contribution < -0.4 is 14.2 Å². The lowest BCUT2D eigenvalue weighted by molar-refractivity contribution is 0.163. The van der Waals surface area contributed by atoms with Gasteiger partial charge in [0.15, 0.2) is 5.60 Å². The highest BCUT2D eigenvalue weighted by molar-refractivity contribution is 6.08. The van der Waals surface area contributed by atoms with Crippen LogP contribution in [0.1, 0.15) is 41.7 Å². The first-order valence-corrected chi connectivity index (χ1v) is 13.4. The zero-order chi connectivity index (χ0) is 27.6. The van der Waals surface area contributed by atoms with Gasteiger partial charge in [-0.2, -0.15) is 0 Å². The molecule has 198 valence electrons. The topological polar surface area (TPSA) is 27.7 Å². The molecule has 2 aliphatic rings. The van der Waals surface area contributed by atoms with E-state index in [1.807, 2.05) is 36.4 Å². The normalized spacial score (nSPS) is 15.6. The summed E-state index contributed by atoms with van der Waals surface area (Å²) >= 11 is 0. The van der Waals surface area contributed by atoms with Crippen LogP contribution in [0.3, 0.4) is 0 Å². The largest absolute Gasteiger partial charge is 0.497 e. The van der Waals surface area contributed by atoms with Crippen LogP contribution in [-0.2, 0) is 11.0 Å². The predicted octanol–water partition coefficient (Wildman–Crippen LogP) is 8.65. The van der Waals surface area contributed by atoms with E-state index < -0.39 is 11.0 Å². The maximum absolute atomic E-state index is 14.5. The first-order valence-electron chi connectivity index (χ1n) is 13.4. The maximum Gasteiger partial charge on any atom is 0.178 e. The monoisotopic (exact) mass is 528 g/mol. The summed E-state index contributed by atoms with van der Waals surface area (Å²) in [5.74, 6) is 2.17. The molecular formula is C36H29FO3. The molecule has 4 heteroatoms. The molecule has 0 N–H and O–H groups in total. The van der Waals surface area contributed by atoms with E-state index in [4.69, 9.17) is 14.2 Å². The molecule has 0 amide bonds. The maximum atomic E-state index is 14.5. The minimum absolute atomic E-state index is 0.220. The third-order valence-electron chi connectivity index (χ3n) is 8.54. The van der Waals surface area contributed by atoms with Crippen molar-refractivity contribution in [1.82, 2.24) is 0 Å². The molecule has 0 unspecified atom stereocenters. The second-order valence-electron chi connectivity index (χ2n) is 11.0. The Morgan fingerprint density at radius 2 is 1.32 bits per heavy atom. The third-order valence-corrected chi connectivity index (χ3v) is 8.54. The van der Waals surface area contributed by atoms with Crippen molar-refractivity contribution in [2.45, 2.75) is 24.9 Å². The van der Waals surface area contributed by atoms with Gasteiger partial charge < -0.3 is 14.2 Å². The number of halogens is 1. The van der Waals surface area contributed by atoms with Crippen molar-refractivity contribution in [2.75, 3.05) is 14.2 Å². The molecule has 1 heterocycles. The fourth-order valence-corrected chi connectivity index (χ4v) is 6.56. The summed E-state index contributed by atoms with van der Waals surface area (Å²) in [6.45, 7) is 4.35. The Morgan fingerprint density at radius 1 is 0.725 bits per heavy atom. The van der Waals surface area contributed by atoms with Crippen LogP contribution >= 0.6 is 0 Å². The lowest BCUT2D eigenvalue weighted by Gasteiger charge is -2.38. The summed E-state index contributed by atoms with van der Waals surface area (Å²) in [7, 11) is 3.33. The predicted molar refractivity (Wildman–Crippen MR) is 158 cm³/mol. The van der Waals surface area contributed by atoms with E-state index in [2.05, 4.69) is 68.5 Å². The van der Waals surface area contributed by atoms with Crippen LogP contribution in [0.25, 0.3) is 28.0 Å². The van der Waals surface area contributed by atoms with Crippen molar-refractivity contribution in [2.24, 2.45) is 0 Å². The molecule has 5 aromatic rings. The number of hydrogen-bond donors (Lipinski definition) is 0. The van der Waals surface area contributed by atoms with Crippen molar-refractivity contribution < 1.29 is 18.6 Å². The van der Waals surface area contributed by atoms with Gasteiger partial charge in [0.25, 0.3) is 0 Å². The molecule has 1 aliphatic carbocycles. The Morgan fingerprint density at radius 3 is 1.93 bits per heavy atom. The molecule has 5 aromatic carbocycles. The standard InChI is InChI=1S/C36H29FO3/c1-35(2)31-21-24(37)13-18-29(31)32-27-7-5-6-8-28(27)34-30(33(32)35)19-20-36(40-34,22-9-14-25(38-3)15-10-22)23-11-16-26(39-4)17-12-23/h5-21H,1-4H3. The molecule has 0 spiro atoms. The number of rotatable bonds is 4. The summed E-state index contributed by atoms with van der Waals surface area (Å²) in [5, 5.41) is 2.13. The Hall–Kier alpha value is -4.57. The molecule has 40 heavy (non-hydrogen) atoms. The first kappa shape index (κ1) is 24.5. The molecule has 0 atom stereocenters. The SMILES string of the molecule is COc1ccc(C2(c3ccc(OC)cc3)C=Cc3c4c(c5ccccc5c3O2)-c2ccc(F)cc2C4(C)C)cc1. The average Bonchev–Trinajstić information content (AvgIpc) is 3.23. The Balaban J connectivity index is 1.52. The minimum atomic E-state index is -0.885. The summed E-state index contributed by atoms with van der Waals surface area (Å²) in [6, 6.07) is 29.6. The molecule has 0 radical (unpaired) electrons. The van der Waals surface area contributed by atoms with E-state index in [9.17, 15) is 4.39 Å². The number of ether oxygens (including phenoxy) is 3. The van der Waals surface area contributed by atoms with Crippen LogP contribution in [0.15, 0.2) is 97.1 Å². The first-order chi connectivity index (χ1) is 19.4. The van der Waals surface area contributed by atoms with E-state index in [0.29, 0.717) is 0 Å². The van der Waals surface area contributed by atoms with Gasteiger partial charge in [-0.3, -0.25) is 0 Å². The molecule has 0 bridgehead atoms. The van der Waals surface area contributed by atoms with Gasteiger partial charge in [-0.15, -0.1) is 0 Å². The lowest BCUT2D eigenvalue weighted by Crippen LogP contribution is -2.35. The second-order valence-corrected chi connectivity index (χ2v) is 11.0. The van der Waals surface area contributed by atoms with Crippen molar-refractivity contribution >= 4 is 16.8 Å². The molecule has 0 fully saturated rings. The fraction of sp³-hybridized carbons (Fsp3) is 0.167. The highest BCUT2D eigenvalue weighted by Gasteiger charge is 2.44. The lowest BCUT2D eigenvalue weighted by atomic mass is 9.77. The molecule has 1 aliphatic heterocycles. The summed E-state index contributed by atoms with van der Waals surface area (Å²) in [5.41, 5.74) is 6.10. The van der Waals surface area contributed by atoms with E-state index in [1.165, 1.54) is 0 Å². The Labute approximate surface area is 233 Å². The highest BCUT2D eigenvalue weighted by Crippen LogP contribution is 2.58. The van der Waals surface area contributed by atoms with Gasteiger partial charge in [-0.25, -0.2) is 4.39 Å². The number of benzene rings is 5. The van der Waals surface area contributed by atoms with Crippen molar-refractivity contribution in [3.05, 3.63) is 131 Å². The zero-order valence-electron chi connectivity index (χ0n) is 22.9. The van der Waals surface area contributed by atoms with Crippen molar-refractivity contribution in [3.63, 3.8) is 0 Å². The van der Waals surface area contributed by atoms with Gasteiger partial charge >= 0.3 is 0 Å². The summed E-state index contributed by atoms with van der Waals surface area (Å²) in [6.07, 6.45) is 4.34. The van der Waals surface area contributed by atoms with E-state index in [0.717, 1.165) is 67.0 Å². The Kier molecular flexibility index (Phi) is 5.33. The van der Waals surface area contributed by atoms with Gasteiger partial charge in [0, 0.05) is 27.5 Å². The van der Waals surface area contributed by atoms with Gasteiger partial charge in [0.05, 0.1) is 14.2 Å². The van der Waals surface area contributed by atoms with Gasteiger partial charge in [0.1, 0.15) is 23.1 Å². The average molecular weight is 529 g/mol. The molecule has 0 aromatic heterocycles. The molecular weight excluding hydrogens is 499 g/mol. The number of hydrogen-bond acceptors (Lipinski definition) is 3. The van der Waals surface area contributed by atoms with Crippen molar-refractivity contribution in [3.8, 4) is 28.4 Å². The highest BCUT2D eigenvalue weighted by atomic mass is 19.1. The van der Waals surface area contributed by atoms with E-state index >= 15 is 0 Å². The zero-order valence-corrected chi connectivity index (χ0v) is 22.9. The smallest absolute Gasteiger partial charge is 0.178 e. The second kappa shape index (κ2) is 8.72. The summed E-state index contributed by atoms with van der Waals surface area (Å²) in [4.78, 5) is 0. The van der Waals surface area contributed by atoms with Crippen molar-refractivity contribution in [1.29, 1.82) is 0 Å². The van der Waals surface area contributed by atoms with E-state index in [1.54, 1.807) is 26.4 Å². The van der Waals surface area contributed by atoms with Gasteiger partial charge in [-0.05, 0) is 70.1 Å². The molecule has 0 saturated carbocycles. The van der Waals surface area contributed by atoms with Gasteiger partial charge in [0.2, 0.25) is 0 Å². The molecule has 7 rings (SSSR count). The van der Waals surface area contributed by atoms with Crippen LogP contribution in [0.4, 0.5) is 4.39 Å². The van der Waals surface area contributed by atoms with Crippen LogP contribution in [-0.4, -0.2) is 14.2 Å².